The van der Waals surface area contributed by atoms with Crippen LogP contribution < -0.4 is 10.1 Å². The van der Waals surface area contributed by atoms with Gasteiger partial charge in [-0.05, 0) is 51.0 Å². The van der Waals surface area contributed by atoms with E-state index in [1.807, 2.05) is 6.07 Å². The first-order chi connectivity index (χ1) is 17.9. The SMILES string of the molecule is CC[C@@H](NC(=O)OC(C)(C)C)c1ccc(Cl)c(C(=O)c2ccc([N+](=O)[O-])c(OCc3ccccc3)c2)c1F. The summed E-state index contributed by atoms with van der Waals surface area (Å²) in [6.45, 7) is 6.88. The summed E-state index contributed by atoms with van der Waals surface area (Å²) >= 11 is 6.24. The van der Waals surface area contributed by atoms with Gasteiger partial charge >= 0.3 is 11.8 Å². The largest absolute Gasteiger partial charge is 0.482 e. The van der Waals surface area contributed by atoms with E-state index < -0.39 is 39.8 Å². The number of benzene rings is 3. The molecule has 0 aliphatic rings. The maximum absolute atomic E-state index is 15.7. The van der Waals surface area contributed by atoms with Crippen molar-refractivity contribution in [3.63, 3.8) is 0 Å². The number of ether oxygens (including phenoxy) is 2. The van der Waals surface area contributed by atoms with Crippen LogP contribution in [0.15, 0.2) is 60.7 Å². The average molecular weight is 543 g/mol. The van der Waals surface area contributed by atoms with Crippen LogP contribution in [-0.4, -0.2) is 22.4 Å². The maximum atomic E-state index is 15.7. The molecule has 0 saturated heterocycles. The summed E-state index contributed by atoms with van der Waals surface area (Å²) in [5.41, 5.74) is -0.748. The molecule has 0 bridgehead atoms. The molecule has 0 saturated carbocycles. The summed E-state index contributed by atoms with van der Waals surface area (Å²) in [5.74, 6) is -1.84. The minimum absolute atomic E-state index is 0.0262. The van der Waals surface area contributed by atoms with Crippen LogP contribution in [0.4, 0.5) is 14.9 Å². The normalized spacial score (nSPS) is 11.9. The van der Waals surface area contributed by atoms with Gasteiger partial charge in [0.15, 0.2) is 11.5 Å². The summed E-state index contributed by atoms with van der Waals surface area (Å²) in [5, 5.41) is 14.0. The summed E-state index contributed by atoms with van der Waals surface area (Å²) in [6.07, 6.45) is -0.428. The topological polar surface area (TPSA) is 108 Å². The third-order valence-corrected chi connectivity index (χ3v) is 5.79. The molecule has 1 atom stereocenters. The Balaban J connectivity index is 1.95. The van der Waals surface area contributed by atoms with Crippen molar-refractivity contribution in [2.45, 2.75) is 52.4 Å². The monoisotopic (exact) mass is 542 g/mol. The van der Waals surface area contributed by atoms with E-state index in [-0.39, 0.29) is 34.2 Å². The first-order valence-corrected chi connectivity index (χ1v) is 12.3. The minimum Gasteiger partial charge on any atom is -0.482 e. The van der Waals surface area contributed by atoms with Gasteiger partial charge in [0.1, 0.15) is 18.0 Å². The lowest BCUT2D eigenvalue weighted by Gasteiger charge is -2.24. The van der Waals surface area contributed by atoms with Crippen molar-refractivity contribution in [2.75, 3.05) is 0 Å². The van der Waals surface area contributed by atoms with Gasteiger partial charge in [-0.2, -0.15) is 0 Å². The fourth-order valence-electron chi connectivity index (χ4n) is 3.70. The van der Waals surface area contributed by atoms with Gasteiger partial charge in [-0.1, -0.05) is 54.9 Å². The highest BCUT2D eigenvalue weighted by Crippen LogP contribution is 2.33. The van der Waals surface area contributed by atoms with Crippen LogP contribution in [0.2, 0.25) is 5.02 Å². The molecule has 0 heterocycles. The van der Waals surface area contributed by atoms with Crippen molar-refractivity contribution in [1.82, 2.24) is 5.32 Å². The molecule has 3 aromatic carbocycles. The molecule has 3 rings (SSSR count). The predicted octanol–water partition coefficient (Wildman–Crippen LogP) is 7.17. The van der Waals surface area contributed by atoms with Crippen molar-refractivity contribution in [3.8, 4) is 5.75 Å². The van der Waals surface area contributed by atoms with Crippen molar-refractivity contribution in [2.24, 2.45) is 0 Å². The zero-order valence-corrected chi connectivity index (χ0v) is 22.2. The van der Waals surface area contributed by atoms with E-state index in [0.29, 0.717) is 6.42 Å². The minimum atomic E-state index is -0.907. The molecule has 8 nitrogen and oxygen atoms in total. The Hall–Kier alpha value is -3.98. The number of amides is 1. The van der Waals surface area contributed by atoms with Gasteiger partial charge in [-0.15, -0.1) is 0 Å². The second-order valence-electron chi connectivity index (χ2n) is 9.48. The molecule has 0 aliphatic carbocycles. The van der Waals surface area contributed by atoms with E-state index in [1.54, 1.807) is 52.0 Å². The number of hydrogen-bond donors (Lipinski definition) is 1. The molecule has 200 valence electrons. The van der Waals surface area contributed by atoms with Gasteiger partial charge in [-0.3, -0.25) is 14.9 Å². The first kappa shape index (κ1) is 28.6. The summed E-state index contributed by atoms with van der Waals surface area (Å²) in [6, 6.07) is 14.5. The van der Waals surface area contributed by atoms with E-state index in [4.69, 9.17) is 21.1 Å². The zero-order chi connectivity index (χ0) is 28.0. The van der Waals surface area contributed by atoms with Gasteiger partial charge in [0.25, 0.3) is 0 Å². The van der Waals surface area contributed by atoms with Gasteiger partial charge in [0.2, 0.25) is 0 Å². The number of ketones is 1. The maximum Gasteiger partial charge on any atom is 0.408 e. The van der Waals surface area contributed by atoms with Crippen LogP contribution in [0.3, 0.4) is 0 Å². The lowest BCUT2D eigenvalue weighted by molar-refractivity contribution is -0.385. The Kier molecular flexibility index (Phi) is 9.06. The number of nitrogens with zero attached hydrogens (tertiary/aromatic N) is 1. The summed E-state index contributed by atoms with van der Waals surface area (Å²) < 4.78 is 26.7. The molecule has 0 aliphatic heterocycles. The van der Waals surface area contributed by atoms with Crippen LogP contribution in [0.25, 0.3) is 0 Å². The third-order valence-electron chi connectivity index (χ3n) is 5.48. The predicted molar refractivity (Wildman–Crippen MR) is 141 cm³/mol. The Morgan fingerprint density at radius 1 is 1.11 bits per heavy atom. The van der Waals surface area contributed by atoms with Crippen molar-refractivity contribution in [3.05, 3.63) is 104 Å². The summed E-state index contributed by atoms with van der Waals surface area (Å²) in [4.78, 5) is 36.6. The van der Waals surface area contributed by atoms with E-state index in [1.165, 1.54) is 24.3 Å². The molecule has 3 aromatic rings. The number of rotatable bonds is 9. The number of carbonyl (C=O) groups excluding carboxylic acids is 2. The van der Waals surface area contributed by atoms with Crippen LogP contribution in [0.1, 0.15) is 67.2 Å². The van der Waals surface area contributed by atoms with E-state index >= 15 is 4.39 Å². The van der Waals surface area contributed by atoms with E-state index in [9.17, 15) is 19.7 Å². The molecular weight excluding hydrogens is 515 g/mol. The van der Waals surface area contributed by atoms with Crippen molar-refractivity contribution < 1.29 is 28.4 Å². The van der Waals surface area contributed by atoms with Gasteiger partial charge in [-0.25, -0.2) is 9.18 Å². The number of nitro benzene ring substituents is 1. The zero-order valence-electron chi connectivity index (χ0n) is 21.4. The van der Waals surface area contributed by atoms with Crippen LogP contribution in [0, 0.1) is 15.9 Å². The molecule has 1 amide bonds. The Morgan fingerprint density at radius 2 is 1.79 bits per heavy atom. The smallest absolute Gasteiger partial charge is 0.408 e. The number of nitro groups is 1. The lowest BCUT2D eigenvalue weighted by atomic mass is 9.96. The highest BCUT2D eigenvalue weighted by Gasteiger charge is 2.27. The fraction of sp³-hybridized carbons (Fsp3) is 0.286. The number of carbonyl (C=O) groups is 2. The second kappa shape index (κ2) is 12.0. The first-order valence-electron chi connectivity index (χ1n) is 11.9. The molecule has 0 radical (unpaired) electrons. The van der Waals surface area contributed by atoms with Crippen LogP contribution in [-0.2, 0) is 11.3 Å². The highest BCUT2D eigenvalue weighted by atomic mass is 35.5. The van der Waals surface area contributed by atoms with Gasteiger partial charge in [0, 0.05) is 17.2 Å². The van der Waals surface area contributed by atoms with Crippen molar-refractivity contribution in [1.29, 1.82) is 0 Å². The highest BCUT2D eigenvalue weighted by molar-refractivity contribution is 6.35. The average Bonchev–Trinajstić information content (AvgIpc) is 2.85. The second-order valence-corrected chi connectivity index (χ2v) is 9.88. The molecule has 0 fully saturated rings. The van der Waals surface area contributed by atoms with E-state index in [0.717, 1.165) is 11.6 Å². The molecule has 10 heteroatoms. The lowest BCUT2D eigenvalue weighted by Crippen LogP contribution is -2.35. The van der Waals surface area contributed by atoms with Crippen molar-refractivity contribution >= 4 is 29.2 Å². The Labute approximate surface area is 224 Å². The van der Waals surface area contributed by atoms with Gasteiger partial charge in [0.05, 0.1) is 21.6 Å². The quantitative estimate of drug-likeness (QED) is 0.174. The number of nitrogens with one attached hydrogen (secondary N) is 1. The van der Waals surface area contributed by atoms with Gasteiger partial charge < -0.3 is 14.8 Å². The number of hydrogen-bond acceptors (Lipinski definition) is 6. The molecular formula is C28H28ClFN2O6. The third kappa shape index (κ3) is 7.07. The van der Waals surface area contributed by atoms with E-state index in [2.05, 4.69) is 5.32 Å². The fourth-order valence-corrected chi connectivity index (χ4v) is 3.93. The molecule has 0 aromatic heterocycles. The standard InChI is InChI=1S/C28H28ClFN2O6/c1-5-21(31-27(34)38-28(2,3)4)19-12-13-20(29)24(25(19)30)26(33)18-11-14-22(32(35)36)23(15-18)37-16-17-9-7-6-8-10-17/h6-15,21H,5,16H2,1-4H3,(H,31,34)/t21-/m1/s1. The molecule has 1 N–H and O–H groups in total. The molecule has 0 unspecified atom stereocenters. The molecule has 38 heavy (non-hydrogen) atoms. The summed E-state index contributed by atoms with van der Waals surface area (Å²) in [7, 11) is 0. The molecule has 0 spiro atoms. The van der Waals surface area contributed by atoms with Crippen LogP contribution in [0.5, 0.6) is 5.75 Å². The van der Waals surface area contributed by atoms with Crippen LogP contribution >= 0.6 is 11.6 Å². The Bertz CT molecular complexity index is 1340. The number of alkyl carbamates (subject to hydrolysis) is 1. The Morgan fingerprint density at radius 3 is 2.39 bits per heavy atom. The number of halogens is 2.